The first-order valence-corrected chi connectivity index (χ1v) is 4.14. The third-order valence-corrected chi connectivity index (χ3v) is 3.69. The van der Waals surface area contributed by atoms with Gasteiger partial charge in [0.2, 0.25) is 0 Å². The van der Waals surface area contributed by atoms with Gasteiger partial charge in [0, 0.05) is 0 Å². The highest BCUT2D eigenvalue weighted by Crippen LogP contribution is 2.68. The molecule has 0 aromatic carbocycles. The van der Waals surface area contributed by atoms with Crippen molar-refractivity contribution in [2.75, 3.05) is 0 Å². The van der Waals surface area contributed by atoms with E-state index in [0.717, 1.165) is 23.2 Å². The monoisotopic (exact) mass is 124 g/mol. The van der Waals surface area contributed by atoms with Gasteiger partial charge in [-0.2, -0.15) is 0 Å². The molecule has 0 nitrogen and oxygen atoms in total. The minimum absolute atomic E-state index is 0.734. The molecule has 0 amide bonds. The molecule has 0 heteroatoms. The molecule has 0 aliphatic heterocycles. The summed E-state index contributed by atoms with van der Waals surface area (Å²) in [7, 11) is 0. The molecule has 0 heterocycles. The van der Waals surface area contributed by atoms with Crippen molar-refractivity contribution in [2.45, 2.75) is 33.6 Å². The average Bonchev–Trinajstić information content (AvgIpc) is 2.19. The van der Waals surface area contributed by atoms with Crippen LogP contribution in [0.1, 0.15) is 33.6 Å². The highest BCUT2D eigenvalue weighted by atomic mass is 14.7. The number of hydrogen-bond donors (Lipinski definition) is 0. The van der Waals surface area contributed by atoms with E-state index in [-0.39, 0.29) is 0 Å². The van der Waals surface area contributed by atoms with E-state index >= 15 is 0 Å². The lowest BCUT2D eigenvalue weighted by molar-refractivity contribution is 0.389. The van der Waals surface area contributed by atoms with Crippen LogP contribution >= 0.6 is 0 Å². The summed E-state index contributed by atoms with van der Waals surface area (Å²) < 4.78 is 0. The van der Waals surface area contributed by atoms with Gasteiger partial charge >= 0.3 is 0 Å². The minimum atomic E-state index is 0.734. The minimum Gasteiger partial charge on any atom is -0.0622 e. The van der Waals surface area contributed by atoms with Gasteiger partial charge in [-0.1, -0.05) is 27.2 Å². The van der Waals surface area contributed by atoms with E-state index in [4.69, 9.17) is 0 Å². The smallest absolute Gasteiger partial charge is 0.0289 e. The first-order chi connectivity index (χ1) is 4.14. The van der Waals surface area contributed by atoms with E-state index in [2.05, 4.69) is 20.8 Å². The maximum atomic E-state index is 2.43. The second kappa shape index (κ2) is 1.36. The fourth-order valence-corrected chi connectivity index (χ4v) is 3.09. The Morgan fingerprint density at radius 2 is 1.89 bits per heavy atom. The molecule has 1 unspecified atom stereocenters. The van der Waals surface area contributed by atoms with Crippen LogP contribution in [0.3, 0.4) is 0 Å². The second-order valence-electron chi connectivity index (χ2n) is 4.51. The summed E-state index contributed by atoms with van der Waals surface area (Å²) in [5, 5.41) is 0. The van der Waals surface area contributed by atoms with Gasteiger partial charge in [-0.15, -0.1) is 0 Å². The fourth-order valence-electron chi connectivity index (χ4n) is 3.09. The van der Waals surface area contributed by atoms with Crippen molar-refractivity contribution < 1.29 is 0 Å². The van der Waals surface area contributed by atoms with E-state index in [1.165, 1.54) is 12.8 Å². The summed E-state index contributed by atoms with van der Waals surface area (Å²) in [4.78, 5) is 0. The zero-order valence-electron chi connectivity index (χ0n) is 6.65. The largest absolute Gasteiger partial charge is 0.0622 e. The molecular formula is C9H16. The van der Waals surface area contributed by atoms with E-state index < -0.39 is 0 Å². The van der Waals surface area contributed by atoms with Gasteiger partial charge in [0.15, 0.2) is 0 Å². The normalized spacial score (nSPS) is 53.0. The fraction of sp³-hybridized carbons (Fsp3) is 1.00. The van der Waals surface area contributed by atoms with Crippen LogP contribution in [0.25, 0.3) is 0 Å². The first-order valence-electron chi connectivity index (χ1n) is 4.14. The van der Waals surface area contributed by atoms with E-state index in [0.29, 0.717) is 0 Å². The number of rotatable bonds is 0. The van der Waals surface area contributed by atoms with Crippen LogP contribution in [-0.4, -0.2) is 0 Å². The lowest BCUT2D eigenvalue weighted by Crippen LogP contribution is -2.02. The molecule has 0 radical (unpaired) electrons. The summed E-state index contributed by atoms with van der Waals surface area (Å²) in [6.07, 6.45) is 3.01. The van der Waals surface area contributed by atoms with Crippen molar-refractivity contribution in [3.8, 4) is 0 Å². The van der Waals surface area contributed by atoms with Gasteiger partial charge in [-0.05, 0) is 29.6 Å². The van der Waals surface area contributed by atoms with E-state index in [1.54, 1.807) is 0 Å². The van der Waals surface area contributed by atoms with Crippen LogP contribution in [0.5, 0.6) is 0 Å². The molecule has 0 saturated heterocycles. The molecule has 0 aromatic rings. The molecule has 9 heavy (non-hydrogen) atoms. The van der Waals surface area contributed by atoms with Crippen LogP contribution in [0, 0.1) is 23.2 Å². The lowest BCUT2D eigenvalue weighted by Gasteiger charge is -2.11. The van der Waals surface area contributed by atoms with Gasteiger partial charge in [0.05, 0.1) is 0 Å². The second-order valence-corrected chi connectivity index (χ2v) is 4.51. The van der Waals surface area contributed by atoms with Crippen molar-refractivity contribution in [2.24, 2.45) is 23.2 Å². The van der Waals surface area contributed by atoms with Gasteiger partial charge in [0.25, 0.3) is 0 Å². The predicted octanol–water partition coefficient (Wildman–Crippen LogP) is 2.69. The van der Waals surface area contributed by atoms with Crippen LogP contribution in [0.2, 0.25) is 0 Å². The topological polar surface area (TPSA) is 0 Å². The van der Waals surface area contributed by atoms with Gasteiger partial charge < -0.3 is 0 Å². The van der Waals surface area contributed by atoms with Crippen LogP contribution in [-0.2, 0) is 0 Å². The van der Waals surface area contributed by atoms with Crippen LogP contribution < -0.4 is 0 Å². The molecule has 0 bridgehead atoms. The Balaban J connectivity index is 2.14. The molecule has 0 spiro atoms. The lowest BCUT2D eigenvalue weighted by atomic mass is 9.94. The number of fused-ring (bicyclic) bond motifs is 1. The summed E-state index contributed by atoms with van der Waals surface area (Å²) in [5.74, 6) is 3.23. The first kappa shape index (κ1) is 5.76. The molecule has 2 aliphatic rings. The Labute approximate surface area is 57.6 Å². The Morgan fingerprint density at radius 3 is 2.11 bits per heavy atom. The van der Waals surface area contributed by atoms with E-state index in [1.807, 2.05) is 0 Å². The quantitative estimate of drug-likeness (QED) is 0.465. The predicted molar refractivity (Wildman–Crippen MR) is 39.2 cm³/mol. The van der Waals surface area contributed by atoms with Crippen LogP contribution in [0.4, 0.5) is 0 Å². The van der Waals surface area contributed by atoms with Gasteiger partial charge in [-0.25, -0.2) is 0 Å². The Kier molecular flexibility index (Phi) is 0.868. The summed E-state index contributed by atoms with van der Waals surface area (Å²) in [6, 6.07) is 0. The molecule has 0 aromatic heterocycles. The van der Waals surface area contributed by atoms with Gasteiger partial charge in [0.1, 0.15) is 0 Å². The number of hydrogen-bond acceptors (Lipinski definition) is 0. The van der Waals surface area contributed by atoms with Crippen molar-refractivity contribution in [3.63, 3.8) is 0 Å². The van der Waals surface area contributed by atoms with E-state index in [9.17, 15) is 0 Å². The maximum absolute atomic E-state index is 2.43. The Bertz CT molecular complexity index is 135. The molecule has 2 rings (SSSR count). The standard InChI is InChI=1S/C9H16/c1-6-4-5-7-8(6)9(7,2)3/h6-8H,4-5H2,1-3H3/t6-,7+,8?/m1/s1. The molecule has 52 valence electrons. The Hall–Kier alpha value is 0. The highest BCUT2D eigenvalue weighted by molar-refractivity contribution is 5.10. The van der Waals surface area contributed by atoms with Crippen LogP contribution in [0.15, 0.2) is 0 Å². The Morgan fingerprint density at radius 1 is 1.22 bits per heavy atom. The van der Waals surface area contributed by atoms with Gasteiger partial charge in [-0.3, -0.25) is 0 Å². The zero-order chi connectivity index (χ0) is 6.65. The molecule has 2 aliphatic carbocycles. The summed E-state index contributed by atoms with van der Waals surface area (Å²) in [6.45, 7) is 7.27. The third kappa shape index (κ3) is 0.544. The molecule has 2 saturated carbocycles. The van der Waals surface area contributed by atoms with Crippen molar-refractivity contribution >= 4 is 0 Å². The molecule has 0 N–H and O–H groups in total. The molecule has 3 atom stereocenters. The SMILES string of the molecule is C[C@@H]1CC[C@H]2C1C2(C)C. The zero-order valence-corrected chi connectivity index (χ0v) is 6.65. The molecular weight excluding hydrogens is 108 g/mol. The summed E-state index contributed by atoms with van der Waals surface area (Å²) >= 11 is 0. The maximum Gasteiger partial charge on any atom is -0.0289 e. The highest BCUT2D eigenvalue weighted by Gasteiger charge is 2.62. The van der Waals surface area contributed by atoms with Crippen molar-refractivity contribution in [3.05, 3.63) is 0 Å². The average molecular weight is 124 g/mol. The van der Waals surface area contributed by atoms with Crippen molar-refractivity contribution in [1.29, 1.82) is 0 Å². The third-order valence-electron chi connectivity index (χ3n) is 3.69. The summed E-state index contributed by atoms with van der Waals surface area (Å²) in [5.41, 5.74) is 0.734. The molecule has 2 fully saturated rings. The van der Waals surface area contributed by atoms with Crippen molar-refractivity contribution in [1.82, 2.24) is 0 Å².